The van der Waals surface area contributed by atoms with Crippen LogP contribution in [0.5, 0.6) is 0 Å². The van der Waals surface area contributed by atoms with Crippen LogP contribution in [0.1, 0.15) is 19.3 Å². The van der Waals surface area contributed by atoms with Crippen molar-refractivity contribution < 1.29 is 9.59 Å². The molecule has 1 aliphatic rings. The Labute approximate surface area is 146 Å². The Hall–Kier alpha value is -2.27. The Morgan fingerprint density at radius 2 is 1.96 bits per heavy atom. The molecular weight excluding hydrogens is 320 g/mol. The van der Waals surface area contributed by atoms with Gasteiger partial charge in [-0.05, 0) is 36.8 Å². The predicted octanol–water partition coefficient (Wildman–Crippen LogP) is 3.93. The lowest BCUT2D eigenvalue weighted by Gasteiger charge is -2.16. The lowest BCUT2D eigenvalue weighted by molar-refractivity contribution is -0.117. The van der Waals surface area contributed by atoms with Gasteiger partial charge in [-0.1, -0.05) is 24.3 Å². The summed E-state index contributed by atoms with van der Waals surface area (Å²) in [6.45, 7) is 0.754. The lowest BCUT2D eigenvalue weighted by Crippen LogP contribution is -2.23. The number of rotatable bonds is 6. The van der Waals surface area contributed by atoms with Crippen molar-refractivity contribution in [2.75, 3.05) is 22.5 Å². The van der Waals surface area contributed by atoms with Crippen molar-refractivity contribution in [3.05, 3.63) is 54.6 Å². The number of nitrogens with zero attached hydrogens (tertiary/aromatic N) is 1. The van der Waals surface area contributed by atoms with E-state index in [1.165, 1.54) is 4.90 Å². The molecule has 5 heteroatoms. The van der Waals surface area contributed by atoms with Crippen LogP contribution in [-0.2, 0) is 9.59 Å². The quantitative estimate of drug-likeness (QED) is 0.811. The number of anilines is 2. The summed E-state index contributed by atoms with van der Waals surface area (Å²) in [5, 5.41) is 2.92. The summed E-state index contributed by atoms with van der Waals surface area (Å²) in [6.07, 6.45) is 1.95. The zero-order valence-electron chi connectivity index (χ0n) is 13.4. The molecule has 4 nitrogen and oxygen atoms in total. The molecule has 0 aromatic heterocycles. The molecule has 24 heavy (non-hydrogen) atoms. The van der Waals surface area contributed by atoms with Gasteiger partial charge in [0.25, 0.3) is 0 Å². The summed E-state index contributed by atoms with van der Waals surface area (Å²) < 4.78 is 0. The van der Waals surface area contributed by atoms with Gasteiger partial charge >= 0.3 is 0 Å². The number of benzene rings is 2. The molecule has 1 heterocycles. The highest BCUT2D eigenvalue weighted by Gasteiger charge is 2.21. The third kappa shape index (κ3) is 4.38. The van der Waals surface area contributed by atoms with Crippen molar-refractivity contribution in [1.29, 1.82) is 0 Å². The number of nitrogens with one attached hydrogen (secondary N) is 1. The normalized spacial score (nSPS) is 14.0. The first-order chi connectivity index (χ1) is 11.7. The van der Waals surface area contributed by atoms with Crippen LogP contribution in [0.15, 0.2) is 59.5 Å². The van der Waals surface area contributed by atoms with E-state index in [4.69, 9.17) is 0 Å². The first kappa shape index (κ1) is 16.6. The smallest absolute Gasteiger partial charge is 0.227 e. The van der Waals surface area contributed by atoms with E-state index >= 15 is 0 Å². The molecule has 2 amide bonds. The highest BCUT2D eigenvalue weighted by molar-refractivity contribution is 7.99. The fourth-order valence-electron chi connectivity index (χ4n) is 2.67. The van der Waals surface area contributed by atoms with E-state index in [1.807, 2.05) is 54.6 Å². The van der Waals surface area contributed by atoms with Gasteiger partial charge in [0.05, 0.1) is 0 Å². The predicted molar refractivity (Wildman–Crippen MR) is 98.4 cm³/mol. The molecule has 0 aliphatic carbocycles. The van der Waals surface area contributed by atoms with E-state index in [0.717, 1.165) is 30.1 Å². The Balaban J connectivity index is 1.52. The molecule has 2 aromatic rings. The molecule has 0 saturated carbocycles. The largest absolute Gasteiger partial charge is 0.326 e. The topological polar surface area (TPSA) is 49.4 Å². The fourth-order valence-corrected chi connectivity index (χ4v) is 3.55. The minimum Gasteiger partial charge on any atom is -0.326 e. The summed E-state index contributed by atoms with van der Waals surface area (Å²) >= 11 is 1.67. The first-order valence-electron chi connectivity index (χ1n) is 8.10. The molecular formula is C19H20N2O2S. The van der Waals surface area contributed by atoms with Crippen LogP contribution in [-0.4, -0.2) is 24.1 Å². The molecule has 2 aromatic carbocycles. The number of hydrogen-bond donors (Lipinski definition) is 1. The van der Waals surface area contributed by atoms with Crippen molar-refractivity contribution in [3.8, 4) is 0 Å². The molecule has 0 unspecified atom stereocenters. The van der Waals surface area contributed by atoms with Crippen molar-refractivity contribution in [3.63, 3.8) is 0 Å². The third-order valence-electron chi connectivity index (χ3n) is 3.86. The van der Waals surface area contributed by atoms with Gasteiger partial charge in [-0.15, -0.1) is 11.8 Å². The Bertz CT molecular complexity index is 718. The summed E-state index contributed by atoms with van der Waals surface area (Å²) in [6, 6.07) is 17.5. The van der Waals surface area contributed by atoms with Gasteiger partial charge < -0.3 is 10.2 Å². The maximum absolute atomic E-state index is 12.1. The highest BCUT2D eigenvalue weighted by atomic mass is 32.2. The van der Waals surface area contributed by atoms with Gasteiger partial charge in [0, 0.05) is 41.4 Å². The van der Waals surface area contributed by atoms with Gasteiger partial charge in [0.1, 0.15) is 0 Å². The SMILES string of the molecule is O=C(CCSc1ccccc1)Nc1cccc(N2CCCC2=O)c1. The lowest BCUT2D eigenvalue weighted by atomic mass is 10.2. The molecule has 124 valence electrons. The Kier molecular flexibility index (Phi) is 5.54. The minimum absolute atomic E-state index is 0.0108. The number of hydrogen-bond acceptors (Lipinski definition) is 3. The Morgan fingerprint density at radius 1 is 1.12 bits per heavy atom. The van der Waals surface area contributed by atoms with Crippen molar-refractivity contribution >= 4 is 35.0 Å². The second-order valence-electron chi connectivity index (χ2n) is 5.66. The van der Waals surface area contributed by atoms with Crippen molar-refractivity contribution in [2.45, 2.75) is 24.2 Å². The van der Waals surface area contributed by atoms with E-state index in [9.17, 15) is 9.59 Å². The van der Waals surface area contributed by atoms with E-state index in [0.29, 0.717) is 12.8 Å². The van der Waals surface area contributed by atoms with Gasteiger partial charge in [-0.25, -0.2) is 0 Å². The second-order valence-corrected chi connectivity index (χ2v) is 6.83. The summed E-state index contributed by atoms with van der Waals surface area (Å²) in [7, 11) is 0. The van der Waals surface area contributed by atoms with Crippen LogP contribution < -0.4 is 10.2 Å². The highest BCUT2D eigenvalue weighted by Crippen LogP contribution is 2.24. The summed E-state index contributed by atoms with van der Waals surface area (Å²) in [4.78, 5) is 26.9. The molecule has 0 spiro atoms. The molecule has 1 fully saturated rings. The second kappa shape index (κ2) is 8.02. The van der Waals surface area contributed by atoms with Gasteiger partial charge in [0.2, 0.25) is 11.8 Å². The standard InChI is InChI=1S/C19H20N2O2S/c22-18(11-13-24-17-8-2-1-3-9-17)20-15-6-4-7-16(14-15)21-12-5-10-19(21)23/h1-4,6-9,14H,5,10-13H2,(H,20,22). The van der Waals surface area contributed by atoms with Crippen molar-refractivity contribution in [1.82, 2.24) is 0 Å². The molecule has 1 aliphatic heterocycles. The zero-order valence-corrected chi connectivity index (χ0v) is 14.2. The van der Waals surface area contributed by atoms with Crippen LogP contribution >= 0.6 is 11.8 Å². The van der Waals surface area contributed by atoms with E-state index < -0.39 is 0 Å². The molecule has 3 rings (SSSR count). The van der Waals surface area contributed by atoms with E-state index in [1.54, 1.807) is 16.7 Å². The minimum atomic E-state index is -0.0108. The molecule has 0 radical (unpaired) electrons. The average Bonchev–Trinajstić information content (AvgIpc) is 3.02. The number of amides is 2. The van der Waals surface area contributed by atoms with Gasteiger partial charge in [-0.2, -0.15) is 0 Å². The van der Waals surface area contributed by atoms with E-state index in [2.05, 4.69) is 5.32 Å². The van der Waals surface area contributed by atoms with Gasteiger partial charge in [0.15, 0.2) is 0 Å². The molecule has 0 atom stereocenters. The first-order valence-corrected chi connectivity index (χ1v) is 9.09. The van der Waals surface area contributed by atoms with Crippen molar-refractivity contribution in [2.24, 2.45) is 0 Å². The fraction of sp³-hybridized carbons (Fsp3) is 0.263. The number of carbonyl (C=O) groups is 2. The van der Waals surface area contributed by atoms with Crippen LogP contribution in [0, 0.1) is 0 Å². The van der Waals surface area contributed by atoms with Crippen LogP contribution in [0.4, 0.5) is 11.4 Å². The van der Waals surface area contributed by atoms with E-state index in [-0.39, 0.29) is 11.8 Å². The Morgan fingerprint density at radius 3 is 2.71 bits per heavy atom. The third-order valence-corrected chi connectivity index (χ3v) is 4.87. The summed E-state index contributed by atoms with van der Waals surface area (Å²) in [5.74, 6) is 0.876. The zero-order chi connectivity index (χ0) is 16.8. The molecule has 1 N–H and O–H groups in total. The number of thioether (sulfide) groups is 1. The van der Waals surface area contributed by atoms with Crippen LogP contribution in [0.2, 0.25) is 0 Å². The maximum Gasteiger partial charge on any atom is 0.227 e. The number of carbonyl (C=O) groups excluding carboxylic acids is 2. The van der Waals surface area contributed by atoms with Crippen LogP contribution in [0.25, 0.3) is 0 Å². The monoisotopic (exact) mass is 340 g/mol. The molecule has 1 saturated heterocycles. The average molecular weight is 340 g/mol. The maximum atomic E-state index is 12.1. The van der Waals surface area contributed by atoms with Crippen LogP contribution in [0.3, 0.4) is 0 Å². The molecule has 0 bridgehead atoms. The summed E-state index contributed by atoms with van der Waals surface area (Å²) in [5.41, 5.74) is 1.59. The van der Waals surface area contributed by atoms with Gasteiger partial charge in [-0.3, -0.25) is 9.59 Å².